The summed E-state index contributed by atoms with van der Waals surface area (Å²) in [6.45, 7) is 3.76. The van der Waals surface area contributed by atoms with Crippen LogP contribution in [-0.2, 0) is 4.79 Å². The highest BCUT2D eigenvalue weighted by Gasteiger charge is 2.31. The van der Waals surface area contributed by atoms with Gasteiger partial charge in [-0.3, -0.25) is 4.79 Å². The molecule has 4 nitrogen and oxygen atoms in total. The Balaban J connectivity index is 0.00000225. The minimum Gasteiger partial charge on any atom is -0.497 e. The molecule has 1 aliphatic heterocycles. The number of carbonyl (C=O) groups is 1. The van der Waals surface area contributed by atoms with Crippen LogP contribution in [0, 0.1) is 0 Å². The number of ether oxygens (including phenoxy) is 1. The second-order valence-electron chi connectivity index (χ2n) is 6.58. The van der Waals surface area contributed by atoms with Crippen LogP contribution in [0.5, 0.6) is 5.75 Å². The van der Waals surface area contributed by atoms with E-state index < -0.39 is 0 Å². The lowest BCUT2D eigenvalue weighted by atomic mass is 9.96. The van der Waals surface area contributed by atoms with E-state index in [2.05, 4.69) is 34.5 Å². The van der Waals surface area contributed by atoms with Crippen molar-refractivity contribution in [2.45, 2.75) is 31.7 Å². The van der Waals surface area contributed by atoms with Crippen LogP contribution in [0.2, 0.25) is 0 Å². The maximum absolute atomic E-state index is 12.9. The standard InChI is InChI=1S/C20H26N2O2.ClH/c1-14(20(23)22-10-4-5-18(22)13-21-2)15-6-7-17-12-19(24-3)9-8-16(17)11-15;/h6-9,11-12,14,18,21H,4-5,10,13H2,1-3H3;1H. The average Bonchev–Trinajstić information content (AvgIpc) is 3.08. The van der Waals surface area contributed by atoms with Crippen LogP contribution in [0.25, 0.3) is 10.8 Å². The van der Waals surface area contributed by atoms with Crippen molar-refractivity contribution in [1.29, 1.82) is 0 Å². The Hall–Kier alpha value is -1.78. The van der Waals surface area contributed by atoms with Gasteiger partial charge >= 0.3 is 0 Å². The second-order valence-corrected chi connectivity index (χ2v) is 6.58. The lowest BCUT2D eigenvalue weighted by Gasteiger charge is -2.27. The number of nitrogens with one attached hydrogen (secondary N) is 1. The summed E-state index contributed by atoms with van der Waals surface area (Å²) in [6.07, 6.45) is 2.19. The first-order chi connectivity index (χ1) is 11.6. The molecule has 0 spiro atoms. The Kier molecular flexibility index (Phi) is 6.68. The number of likely N-dealkylation sites (N-methyl/N-ethyl adjacent to an activating group) is 1. The van der Waals surface area contributed by atoms with Gasteiger partial charge in [0.2, 0.25) is 5.91 Å². The Morgan fingerprint density at radius 1 is 1.28 bits per heavy atom. The van der Waals surface area contributed by atoms with E-state index >= 15 is 0 Å². The fourth-order valence-electron chi connectivity index (χ4n) is 3.60. The van der Waals surface area contributed by atoms with Gasteiger partial charge in [-0.1, -0.05) is 24.3 Å². The lowest BCUT2D eigenvalue weighted by molar-refractivity contribution is -0.133. The van der Waals surface area contributed by atoms with Gasteiger partial charge in [-0.05, 0) is 55.3 Å². The number of hydrogen-bond acceptors (Lipinski definition) is 3. The van der Waals surface area contributed by atoms with E-state index in [0.717, 1.165) is 48.0 Å². The van der Waals surface area contributed by atoms with Crippen molar-refractivity contribution in [3.63, 3.8) is 0 Å². The summed E-state index contributed by atoms with van der Waals surface area (Å²) in [7, 11) is 3.62. The molecule has 1 N–H and O–H groups in total. The van der Waals surface area contributed by atoms with E-state index in [9.17, 15) is 4.79 Å². The minimum atomic E-state index is -0.117. The molecule has 136 valence electrons. The van der Waals surface area contributed by atoms with E-state index in [1.54, 1.807) is 7.11 Å². The van der Waals surface area contributed by atoms with E-state index in [-0.39, 0.29) is 24.2 Å². The highest BCUT2D eigenvalue weighted by molar-refractivity contribution is 5.88. The minimum absolute atomic E-state index is 0. The van der Waals surface area contributed by atoms with Crippen molar-refractivity contribution in [1.82, 2.24) is 10.2 Å². The zero-order valence-electron chi connectivity index (χ0n) is 15.1. The summed E-state index contributed by atoms with van der Waals surface area (Å²) in [6, 6.07) is 12.6. The predicted molar refractivity (Wildman–Crippen MR) is 105 cm³/mol. The van der Waals surface area contributed by atoms with Gasteiger partial charge in [0, 0.05) is 19.1 Å². The van der Waals surface area contributed by atoms with Gasteiger partial charge in [-0.2, -0.15) is 0 Å². The van der Waals surface area contributed by atoms with Crippen LogP contribution >= 0.6 is 12.4 Å². The third kappa shape index (κ3) is 4.07. The molecule has 0 aromatic heterocycles. The molecule has 0 bridgehead atoms. The number of amides is 1. The predicted octanol–water partition coefficient (Wildman–Crippen LogP) is 3.58. The zero-order valence-corrected chi connectivity index (χ0v) is 15.9. The first-order valence-corrected chi connectivity index (χ1v) is 8.67. The lowest BCUT2D eigenvalue weighted by Crippen LogP contribution is -2.42. The molecule has 1 saturated heterocycles. The van der Waals surface area contributed by atoms with Crippen LogP contribution in [0.3, 0.4) is 0 Å². The molecule has 3 rings (SSSR count). The van der Waals surface area contributed by atoms with Crippen molar-refractivity contribution in [3.8, 4) is 5.75 Å². The molecule has 1 aliphatic rings. The number of halogens is 1. The molecular weight excluding hydrogens is 336 g/mol. The summed E-state index contributed by atoms with van der Waals surface area (Å²) in [4.78, 5) is 15.0. The van der Waals surface area contributed by atoms with Crippen LogP contribution in [0.15, 0.2) is 36.4 Å². The summed E-state index contributed by atoms with van der Waals surface area (Å²) in [5, 5.41) is 5.47. The van der Waals surface area contributed by atoms with E-state index in [0.29, 0.717) is 6.04 Å². The van der Waals surface area contributed by atoms with Crippen molar-refractivity contribution < 1.29 is 9.53 Å². The van der Waals surface area contributed by atoms with E-state index in [1.807, 2.05) is 26.1 Å². The van der Waals surface area contributed by atoms with Gasteiger partial charge in [0.1, 0.15) is 5.75 Å². The number of carbonyl (C=O) groups excluding carboxylic acids is 1. The molecule has 0 saturated carbocycles. The van der Waals surface area contributed by atoms with Crippen molar-refractivity contribution in [2.75, 3.05) is 27.2 Å². The molecule has 2 unspecified atom stereocenters. The van der Waals surface area contributed by atoms with E-state index in [4.69, 9.17) is 4.74 Å². The molecule has 5 heteroatoms. The third-order valence-corrected chi connectivity index (χ3v) is 5.04. The third-order valence-electron chi connectivity index (χ3n) is 5.04. The summed E-state index contributed by atoms with van der Waals surface area (Å²) in [5.74, 6) is 0.973. The Labute approximate surface area is 155 Å². The van der Waals surface area contributed by atoms with E-state index in [1.165, 1.54) is 0 Å². The highest BCUT2D eigenvalue weighted by Crippen LogP contribution is 2.28. The van der Waals surface area contributed by atoms with Gasteiger partial charge in [-0.25, -0.2) is 0 Å². The Morgan fingerprint density at radius 3 is 2.72 bits per heavy atom. The number of nitrogens with zero attached hydrogens (tertiary/aromatic N) is 1. The molecule has 1 fully saturated rings. The van der Waals surface area contributed by atoms with Crippen LogP contribution in [-0.4, -0.2) is 44.1 Å². The molecule has 1 amide bonds. The molecule has 0 aliphatic carbocycles. The number of likely N-dealkylation sites (tertiary alicyclic amines) is 1. The highest BCUT2D eigenvalue weighted by atomic mass is 35.5. The van der Waals surface area contributed by atoms with Crippen LogP contribution < -0.4 is 10.1 Å². The zero-order chi connectivity index (χ0) is 17.1. The van der Waals surface area contributed by atoms with Gasteiger partial charge in [0.15, 0.2) is 0 Å². The SMILES string of the molecule is CNCC1CCCN1C(=O)C(C)c1ccc2cc(OC)ccc2c1.Cl. The normalized spacial score (nSPS) is 18.0. The maximum atomic E-state index is 12.9. The largest absolute Gasteiger partial charge is 0.497 e. The quantitative estimate of drug-likeness (QED) is 0.883. The molecular formula is C20H27ClN2O2. The molecule has 2 aromatic rings. The van der Waals surface area contributed by atoms with Crippen molar-refractivity contribution >= 4 is 29.1 Å². The summed E-state index contributed by atoms with van der Waals surface area (Å²) >= 11 is 0. The van der Waals surface area contributed by atoms with Gasteiger partial charge < -0.3 is 15.0 Å². The fourth-order valence-corrected chi connectivity index (χ4v) is 3.60. The van der Waals surface area contributed by atoms with Gasteiger partial charge in [-0.15, -0.1) is 12.4 Å². The summed E-state index contributed by atoms with van der Waals surface area (Å²) < 4.78 is 5.27. The topological polar surface area (TPSA) is 41.6 Å². The van der Waals surface area contributed by atoms with Crippen LogP contribution in [0.1, 0.15) is 31.2 Å². The first kappa shape index (κ1) is 19.5. The number of rotatable bonds is 5. The summed E-state index contributed by atoms with van der Waals surface area (Å²) in [5.41, 5.74) is 1.08. The first-order valence-electron chi connectivity index (χ1n) is 8.67. The van der Waals surface area contributed by atoms with Gasteiger partial charge in [0.25, 0.3) is 0 Å². The van der Waals surface area contributed by atoms with Gasteiger partial charge in [0.05, 0.1) is 13.0 Å². The molecule has 0 radical (unpaired) electrons. The van der Waals surface area contributed by atoms with Crippen molar-refractivity contribution in [2.24, 2.45) is 0 Å². The smallest absolute Gasteiger partial charge is 0.230 e. The number of hydrogen-bond donors (Lipinski definition) is 1. The monoisotopic (exact) mass is 362 g/mol. The number of benzene rings is 2. The van der Waals surface area contributed by atoms with Crippen LogP contribution in [0.4, 0.5) is 0 Å². The Bertz CT molecular complexity index is 735. The molecule has 2 aromatic carbocycles. The average molecular weight is 363 g/mol. The fraction of sp³-hybridized carbons (Fsp3) is 0.450. The molecule has 2 atom stereocenters. The molecule has 1 heterocycles. The number of fused-ring (bicyclic) bond motifs is 1. The second kappa shape index (κ2) is 8.54. The van der Waals surface area contributed by atoms with Crippen molar-refractivity contribution in [3.05, 3.63) is 42.0 Å². The molecule has 25 heavy (non-hydrogen) atoms. The number of methoxy groups -OCH3 is 1. The maximum Gasteiger partial charge on any atom is 0.230 e. The Morgan fingerprint density at radius 2 is 2.00 bits per heavy atom.